The van der Waals surface area contributed by atoms with Crippen molar-refractivity contribution in [1.82, 2.24) is 4.72 Å². The molecule has 3 N–H and O–H groups in total. The van der Waals surface area contributed by atoms with Crippen LogP contribution in [0.4, 0.5) is 0 Å². The highest BCUT2D eigenvalue weighted by Gasteiger charge is 2.21. The lowest BCUT2D eigenvalue weighted by Gasteiger charge is -2.14. The molecule has 0 fully saturated rings. The van der Waals surface area contributed by atoms with Crippen molar-refractivity contribution in [2.75, 3.05) is 0 Å². The predicted octanol–water partition coefficient (Wildman–Crippen LogP) is 0.537. The van der Waals surface area contributed by atoms with Crippen molar-refractivity contribution < 1.29 is 23.4 Å². The van der Waals surface area contributed by atoms with Gasteiger partial charge in [0.05, 0.1) is 11.3 Å². The van der Waals surface area contributed by atoms with Gasteiger partial charge in [-0.3, -0.25) is 4.79 Å². The fraction of sp³-hybridized carbons (Fsp3) is 0.250. The van der Waals surface area contributed by atoms with E-state index in [0.29, 0.717) is 0 Å². The lowest BCUT2D eigenvalue weighted by atomic mass is 10.2. The maximum Gasteiger partial charge on any atom is 0.305 e. The molecule has 0 saturated carbocycles. The highest BCUT2D eigenvalue weighted by atomic mass is 32.2. The van der Waals surface area contributed by atoms with E-state index in [9.17, 15) is 18.3 Å². The van der Waals surface area contributed by atoms with Crippen LogP contribution in [0.5, 0.6) is 5.75 Å². The number of carboxylic acids is 1. The number of hydrogen-bond donors (Lipinski definition) is 3. The second-order valence-corrected chi connectivity index (χ2v) is 5.54. The number of nitrogens with one attached hydrogen (secondary N) is 1. The molecule has 1 atom stereocenters. The Hall–Kier alpha value is -2.04. The molecule has 0 aliphatic heterocycles. The van der Waals surface area contributed by atoms with Crippen LogP contribution in [-0.2, 0) is 14.8 Å². The van der Waals surface area contributed by atoms with Gasteiger partial charge < -0.3 is 10.2 Å². The highest BCUT2D eigenvalue weighted by molar-refractivity contribution is 7.89. The molecule has 0 saturated heterocycles. The summed E-state index contributed by atoms with van der Waals surface area (Å²) in [6.07, 6.45) is 4.62. The number of carboxylic acid groups (broad SMARTS) is 1. The molecular formula is C12H13NO5S. The molecule has 1 aromatic rings. The van der Waals surface area contributed by atoms with Gasteiger partial charge in [0.2, 0.25) is 10.0 Å². The van der Waals surface area contributed by atoms with E-state index in [1.165, 1.54) is 18.2 Å². The average Bonchev–Trinajstić information content (AvgIpc) is 2.27. The number of benzene rings is 1. The van der Waals surface area contributed by atoms with E-state index in [2.05, 4.69) is 10.6 Å². The first-order valence-corrected chi connectivity index (χ1v) is 6.80. The number of phenolic OH excluding ortho intramolecular Hbond substituents is 1. The molecule has 7 heteroatoms. The summed E-state index contributed by atoms with van der Waals surface area (Å²) in [5, 5.41) is 17.9. The number of carbonyl (C=O) groups is 1. The zero-order chi connectivity index (χ0) is 14.5. The third-order valence-electron chi connectivity index (χ3n) is 2.24. The Balaban J connectivity index is 2.94. The van der Waals surface area contributed by atoms with Crippen LogP contribution in [0.3, 0.4) is 0 Å². The summed E-state index contributed by atoms with van der Waals surface area (Å²) in [6.45, 7) is 0. The van der Waals surface area contributed by atoms with Crippen molar-refractivity contribution in [1.29, 1.82) is 0 Å². The van der Waals surface area contributed by atoms with Gasteiger partial charge in [-0.25, -0.2) is 13.1 Å². The Morgan fingerprint density at radius 1 is 1.47 bits per heavy atom. The minimum Gasteiger partial charge on any atom is -0.508 e. The van der Waals surface area contributed by atoms with Crippen LogP contribution in [0.2, 0.25) is 0 Å². The van der Waals surface area contributed by atoms with E-state index in [-0.39, 0.29) is 17.1 Å². The van der Waals surface area contributed by atoms with E-state index in [1.807, 2.05) is 0 Å². The van der Waals surface area contributed by atoms with Gasteiger partial charge in [0.15, 0.2) is 0 Å². The first-order valence-electron chi connectivity index (χ1n) is 5.32. The zero-order valence-corrected chi connectivity index (χ0v) is 10.7. The monoisotopic (exact) mass is 283 g/mol. The SMILES string of the molecule is C#CC[C@@H](CC(=O)O)NS(=O)(=O)c1cccc(O)c1. The van der Waals surface area contributed by atoms with Crippen molar-refractivity contribution in [2.24, 2.45) is 0 Å². The first-order chi connectivity index (χ1) is 8.85. The standard InChI is InChI=1S/C12H13NO5S/c1-2-4-9(7-12(15)16)13-19(17,18)11-6-3-5-10(14)8-11/h1,3,5-6,8-9,13-14H,4,7H2,(H,15,16)/t9-/m0/s1. The summed E-state index contributed by atoms with van der Waals surface area (Å²) in [6, 6.07) is 4.16. The molecule has 0 spiro atoms. The summed E-state index contributed by atoms with van der Waals surface area (Å²) in [5.41, 5.74) is 0. The molecule has 102 valence electrons. The molecule has 0 unspecified atom stereocenters. The Labute approximate surface area is 111 Å². The molecule has 1 aromatic carbocycles. The van der Waals surface area contributed by atoms with Crippen LogP contribution in [0.15, 0.2) is 29.2 Å². The predicted molar refractivity (Wildman–Crippen MR) is 67.9 cm³/mol. The summed E-state index contributed by atoms with van der Waals surface area (Å²) in [5.74, 6) is 0.866. The van der Waals surface area contributed by atoms with Crippen molar-refractivity contribution in [3.05, 3.63) is 24.3 Å². The minimum atomic E-state index is -3.92. The Morgan fingerprint density at radius 2 is 2.16 bits per heavy atom. The van der Waals surface area contributed by atoms with Crippen molar-refractivity contribution in [3.63, 3.8) is 0 Å². The Kier molecular flexibility index (Phi) is 4.92. The van der Waals surface area contributed by atoms with Crippen LogP contribution in [0.1, 0.15) is 12.8 Å². The second-order valence-electron chi connectivity index (χ2n) is 3.82. The van der Waals surface area contributed by atoms with E-state index in [1.54, 1.807) is 0 Å². The third-order valence-corrected chi connectivity index (χ3v) is 3.75. The number of hydrogen-bond acceptors (Lipinski definition) is 4. The minimum absolute atomic E-state index is 0.0374. The molecular weight excluding hydrogens is 270 g/mol. The smallest absolute Gasteiger partial charge is 0.305 e. The van der Waals surface area contributed by atoms with Crippen molar-refractivity contribution >= 4 is 16.0 Å². The Bertz CT molecular complexity index is 603. The van der Waals surface area contributed by atoms with Crippen LogP contribution >= 0.6 is 0 Å². The zero-order valence-electron chi connectivity index (χ0n) is 9.91. The number of rotatable bonds is 6. The maximum atomic E-state index is 12.0. The van der Waals surface area contributed by atoms with Crippen LogP contribution in [-0.4, -0.2) is 30.6 Å². The van der Waals surface area contributed by atoms with Gasteiger partial charge in [0.25, 0.3) is 0 Å². The molecule has 0 aromatic heterocycles. The number of aliphatic carboxylic acids is 1. The average molecular weight is 283 g/mol. The second kappa shape index (κ2) is 6.22. The topological polar surface area (TPSA) is 104 Å². The van der Waals surface area contributed by atoms with Gasteiger partial charge in [-0.05, 0) is 18.2 Å². The summed E-state index contributed by atoms with van der Waals surface area (Å²) >= 11 is 0. The van der Waals surface area contributed by atoms with Crippen LogP contribution in [0.25, 0.3) is 0 Å². The molecule has 0 amide bonds. The first kappa shape index (κ1) is 15.0. The van der Waals surface area contributed by atoms with Gasteiger partial charge in [-0.15, -0.1) is 12.3 Å². The van der Waals surface area contributed by atoms with Gasteiger partial charge >= 0.3 is 5.97 Å². The summed E-state index contributed by atoms with van der Waals surface area (Å²) < 4.78 is 26.1. The number of phenols is 1. The van der Waals surface area contributed by atoms with Crippen molar-refractivity contribution in [3.8, 4) is 18.1 Å². The van der Waals surface area contributed by atoms with E-state index < -0.39 is 28.5 Å². The molecule has 19 heavy (non-hydrogen) atoms. The van der Waals surface area contributed by atoms with Crippen LogP contribution in [0, 0.1) is 12.3 Å². The highest BCUT2D eigenvalue weighted by Crippen LogP contribution is 2.16. The number of sulfonamides is 1. The lowest BCUT2D eigenvalue weighted by molar-refractivity contribution is -0.137. The normalized spacial score (nSPS) is 12.6. The van der Waals surface area contributed by atoms with Gasteiger partial charge in [0, 0.05) is 12.5 Å². The summed E-state index contributed by atoms with van der Waals surface area (Å²) in [4.78, 5) is 10.5. The largest absolute Gasteiger partial charge is 0.508 e. The van der Waals surface area contributed by atoms with E-state index in [0.717, 1.165) is 6.07 Å². The molecule has 0 aliphatic carbocycles. The number of terminal acetylenes is 1. The fourth-order valence-electron chi connectivity index (χ4n) is 1.45. The Morgan fingerprint density at radius 3 is 2.68 bits per heavy atom. The molecule has 0 bridgehead atoms. The fourth-order valence-corrected chi connectivity index (χ4v) is 2.72. The van der Waals surface area contributed by atoms with Crippen LogP contribution < -0.4 is 4.72 Å². The van der Waals surface area contributed by atoms with Crippen molar-refractivity contribution in [2.45, 2.75) is 23.8 Å². The molecule has 6 nitrogen and oxygen atoms in total. The van der Waals surface area contributed by atoms with Gasteiger partial charge in [-0.1, -0.05) is 6.07 Å². The van der Waals surface area contributed by atoms with Gasteiger partial charge in [-0.2, -0.15) is 0 Å². The van der Waals surface area contributed by atoms with Gasteiger partial charge in [0.1, 0.15) is 5.75 Å². The maximum absolute atomic E-state index is 12.0. The molecule has 1 rings (SSSR count). The number of aromatic hydroxyl groups is 1. The summed E-state index contributed by atoms with van der Waals surface area (Å²) in [7, 11) is -3.92. The molecule has 0 heterocycles. The van der Waals surface area contributed by atoms with E-state index >= 15 is 0 Å². The molecule has 0 radical (unpaired) electrons. The molecule has 0 aliphatic rings. The quantitative estimate of drug-likeness (QED) is 0.661. The van der Waals surface area contributed by atoms with E-state index in [4.69, 9.17) is 11.5 Å². The third kappa shape index (κ3) is 4.62. The lowest BCUT2D eigenvalue weighted by Crippen LogP contribution is -2.36.